The van der Waals surface area contributed by atoms with Crippen LogP contribution in [0, 0.1) is 18.6 Å². The Hall–Kier alpha value is -2.67. The number of hydrogen-bond donors (Lipinski definition) is 1. The molecule has 7 heteroatoms. The molecule has 0 aliphatic heterocycles. The molecule has 0 saturated heterocycles. The van der Waals surface area contributed by atoms with Crippen LogP contribution in [0.1, 0.15) is 16.1 Å². The molecular weight excluding hydrogens is 320 g/mol. The summed E-state index contributed by atoms with van der Waals surface area (Å²) < 4.78 is 26.0. The van der Waals surface area contributed by atoms with Crippen molar-refractivity contribution in [3.8, 4) is 10.6 Å². The fourth-order valence-electron chi connectivity index (χ4n) is 1.96. The Morgan fingerprint density at radius 3 is 2.78 bits per heavy atom. The zero-order valence-electron chi connectivity index (χ0n) is 12.0. The zero-order valence-corrected chi connectivity index (χ0v) is 12.8. The highest BCUT2D eigenvalue weighted by Gasteiger charge is 2.14. The van der Waals surface area contributed by atoms with E-state index < -0.39 is 17.5 Å². The van der Waals surface area contributed by atoms with Gasteiger partial charge < -0.3 is 5.32 Å². The molecule has 0 aliphatic carbocycles. The third-order valence-corrected chi connectivity index (χ3v) is 4.06. The average Bonchev–Trinajstić information content (AvgIpc) is 3.01. The molecule has 3 aromatic rings. The van der Waals surface area contributed by atoms with Crippen molar-refractivity contribution >= 4 is 22.9 Å². The first kappa shape index (κ1) is 15.2. The van der Waals surface area contributed by atoms with Gasteiger partial charge in [0.15, 0.2) is 11.6 Å². The summed E-state index contributed by atoms with van der Waals surface area (Å²) in [5.74, 6) is -2.47. The van der Waals surface area contributed by atoms with Crippen LogP contribution in [-0.4, -0.2) is 15.9 Å². The van der Waals surface area contributed by atoms with Crippen LogP contribution < -0.4 is 5.32 Å². The number of aryl methyl sites for hydroxylation is 1. The van der Waals surface area contributed by atoms with Crippen molar-refractivity contribution < 1.29 is 13.6 Å². The van der Waals surface area contributed by atoms with Crippen LogP contribution in [0.25, 0.3) is 10.6 Å². The molecule has 0 unspecified atom stereocenters. The third kappa shape index (κ3) is 3.24. The number of aromatic nitrogens is 2. The number of nitrogens with one attached hydrogen (secondary N) is 1. The summed E-state index contributed by atoms with van der Waals surface area (Å²) in [5, 5.41) is 4.77. The molecule has 1 amide bonds. The molecule has 0 aliphatic rings. The van der Waals surface area contributed by atoms with Crippen molar-refractivity contribution in [2.75, 3.05) is 5.32 Å². The number of halogens is 2. The Balaban J connectivity index is 1.81. The van der Waals surface area contributed by atoms with Crippen LogP contribution in [0.4, 0.5) is 14.5 Å². The molecule has 0 fully saturated rings. The van der Waals surface area contributed by atoms with E-state index in [1.165, 1.54) is 17.4 Å². The molecule has 0 bridgehead atoms. The lowest BCUT2D eigenvalue weighted by Crippen LogP contribution is -2.12. The Morgan fingerprint density at radius 1 is 1.22 bits per heavy atom. The van der Waals surface area contributed by atoms with Gasteiger partial charge in [0.2, 0.25) is 0 Å². The maximum atomic E-state index is 13.2. The second-order valence-corrected chi connectivity index (χ2v) is 5.67. The molecule has 0 spiro atoms. The molecule has 2 aromatic heterocycles. The quantitative estimate of drug-likeness (QED) is 0.788. The number of carbonyl (C=O) groups is 1. The minimum Gasteiger partial charge on any atom is -0.321 e. The topological polar surface area (TPSA) is 54.9 Å². The van der Waals surface area contributed by atoms with E-state index >= 15 is 0 Å². The summed E-state index contributed by atoms with van der Waals surface area (Å²) in [7, 11) is 0. The zero-order chi connectivity index (χ0) is 16.4. The van der Waals surface area contributed by atoms with E-state index in [9.17, 15) is 13.6 Å². The van der Waals surface area contributed by atoms with E-state index in [4.69, 9.17) is 0 Å². The van der Waals surface area contributed by atoms with Gasteiger partial charge in [-0.15, -0.1) is 11.3 Å². The van der Waals surface area contributed by atoms with Crippen molar-refractivity contribution in [1.29, 1.82) is 0 Å². The summed E-state index contributed by atoms with van der Waals surface area (Å²) >= 11 is 1.32. The number of amides is 1. The number of hydrogen-bond acceptors (Lipinski definition) is 4. The SMILES string of the molecule is Cc1ccncc1-c1nc(C(=O)Nc2ccc(F)c(F)c2)cs1. The van der Waals surface area contributed by atoms with Crippen LogP contribution in [0.3, 0.4) is 0 Å². The van der Waals surface area contributed by atoms with Gasteiger partial charge in [0, 0.05) is 35.1 Å². The van der Waals surface area contributed by atoms with E-state index in [1.807, 2.05) is 13.0 Å². The molecule has 3 rings (SSSR count). The number of benzene rings is 1. The normalized spacial score (nSPS) is 10.6. The maximum Gasteiger partial charge on any atom is 0.275 e. The van der Waals surface area contributed by atoms with Crippen LogP contribution >= 0.6 is 11.3 Å². The van der Waals surface area contributed by atoms with E-state index in [1.54, 1.807) is 17.8 Å². The minimum absolute atomic E-state index is 0.168. The van der Waals surface area contributed by atoms with Gasteiger partial charge in [-0.05, 0) is 30.7 Å². The van der Waals surface area contributed by atoms with Crippen LogP contribution in [0.2, 0.25) is 0 Å². The molecule has 23 heavy (non-hydrogen) atoms. The van der Waals surface area contributed by atoms with Gasteiger partial charge in [0.25, 0.3) is 5.91 Å². The first-order valence-electron chi connectivity index (χ1n) is 6.67. The number of thiazole rings is 1. The molecular formula is C16H11F2N3OS. The third-order valence-electron chi connectivity index (χ3n) is 3.18. The number of nitrogens with zero attached hydrogens (tertiary/aromatic N) is 2. The molecule has 4 nitrogen and oxygen atoms in total. The summed E-state index contributed by atoms with van der Waals surface area (Å²) in [4.78, 5) is 20.5. The lowest BCUT2D eigenvalue weighted by atomic mass is 10.2. The van der Waals surface area contributed by atoms with Crippen molar-refractivity contribution in [3.63, 3.8) is 0 Å². The average molecular weight is 331 g/mol. The van der Waals surface area contributed by atoms with Gasteiger partial charge in [-0.3, -0.25) is 9.78 Å². The minimum atomic E-state index is -1.02. The predicted molar refractivity (Wildman–Crippen MR) is 84.4 cm³/mol. The molecule has 0 atom stereocenters. The number of anilines is 1. The molecule has 0 saturated carbocycles. The number of carbonyl (C=O) groups excluding carboxylic acids is 1. The first-order chi connectivity index (χ1) is 11.0. The molecule has 1 N–H and O–H groups in total. The van der Waals surface area contributed by atoms with Crippen molar-refractivity contribution in [2.45, 2.75) is 6.92 Å². The van der Waals surface area contributed by atoms with E-state index in [0.717, 1.165) is 23.3 Å². The van der Waals surface area contributed by atoms with E-state index in [-0.39, 0.29) is 11.4 Å². The van der Waals surface area contributed by atoms with Gasteiger partial charge >= 0.3 is 0 Å². The first-order valence-corrected chi connectivity index (χ1v) is 7.55. The van der Waals surface area contributed by atoms with E-state index in [0.29, 0.717) is 5.01 Å². The summed E-state index contributed by atoms with van der Waals surface area (Å²) in [6.07, 6.45) is 3.37. The summed E-state index contributed by atoms with van der Waals surface area (Å²) in [6, 6.07) is 5.02. The molecule has 2 heterocycles. The van der Waals surface area contributed by atoms with Gasteiger partial charge in [0.05, 0.1) is 0 Å². The lowest BCUT2D eigenvalue weighted by molar-refractivity contribution is 0.102. The fourth-order valence-corrected chi connectivity index (χ4v) is 2.83. The number of rotatable bonds is 3. The highest BCUT2D eigenvalue weighted by atomic mass is 32.1. The van der Waals surface area contributed by atoms with Crippen LogP contribution in [-0.2, 0) is 0 Å². The molecule has 0 radical (unpaired) electrons. The Labute approximate surface area is 134 Å². The van der Waals surface area contributed by atoms with Gasteiger partial charge in [-0.25, -0.2) is 13.8 Å². The van der Waals surface area contributed by atoms with Crippen LogP contribution in [0.5, 0.6) is 0 Å². The van der Waals surface area contributed by atoms with Crippen LogP contribution in [0.15, 0.2) is 42.0 Å². The summed E-state index contributed by atoms with van der Waals surface area (Å²) in [5.41, 5.74) is 2.23. The van der Waals surface area contributed by atoms with Gasteiger partial charge in [-0.2, -0.15) is 0 Å². The highest BCUT2D eigenvalue weighted by Crippen LogP contribution is 2.26. The smallest absolute Gasteiger partial charge is 0.275 e. The van der Waals surface area contributed by atoms with Gasteiger partial charge in [0.1, 0.15) is 10.7 Å². The van der Waals surface area contributed by atoms with Gasteiger partial charge in [-0.1, -0.05) is 0 Å². The van der Waals surface area contributed by atoms with Crippen molar-refractivity contribution in [2.24, 2.45) is 0 Å². The Morgan fingerprint density at radius 2 is 2.04 bits per heavy atom. The molecule has 116 valence electrons. The second-order valence-electron chi connectivity index (χ2n) is 4.81. The van der Waals surface area contributed by atoms with E-state index in [2.05, 4.69) is 15.3 Å². The van der Waals surface area contributed by atoms with Crippen molar-refractivity contribution in [3.05, 3.63) is 64.9 Å². The Bertz CT molecular complexity index is 879. The number of pyridine rings is 1. The largest absolute Gasteiger partial charge is 0.321 e. The Kier molecular flexibility index (Phi) is 4.12. The van der Waals surface area contributed by atoms with Crippen molar-refractivity contribution in [1.82, 2.24) is 9.97 Å². The predicted octanol–water partition coefficient (Wildman–Crippen LogP) is 4.04. The maximum absolute atomic E-state index is 13.2. The second kappa shape index (κ2) is 6.21. The standard InChI is InChI=1S/C16H11F2N3OS/c1-9-4-5-19-7-11(9)16-21-14(8-23-16)15(22)20-10-2-3-12(17)13(18)6-10/h2-8H,1H3,(H,20,22). The molecule has 1 aromatic carbocycles. The lowest BCUT2D eigenvalue weighted by Gasteiger charge is -2.03. The monoisotopic (exact) mass is 331 g/mol. The highest BCUT2D eigenvalue weighted by molar-refractivity contribution is 7.13. The summed E-state index contributed by atoms with van der Waals surface area (Å²) in [6.45, 7) is 1.93. The fraction of sp³-hybridized carbons (Fsp3) is 0.0625.